The van der Waals surface area contributed by atoms with Crippen LogP contribution in [-0.2, 0) is 0 Å². The number of hydrogen-bond acceptors (Lipinski definition) is 3. The zero-order valence-corrected chi connectivity index (χ0v) is 13.9. The highest BCUT2D eigenvalue weighted by Gasteiger charge is 2.27. The molecular weight excluding hydrogens is 290 g/mol. The molecule has 1 amide bonds. The standard InChI is InChI=1S/C19H27NO3/c1-20(13-14-7-2-4-11-17(14)21)19(22)16-10-3-5-12-18(16)23-15-8-6-9-15/h3,5,10,12,14-15,17,21H,2,4,6-9,11,13H2,1H3. The molecule has 23 heavy (non-hydrogen) atoms. The Kier molecular flexibility index (Phi) is 5.21. The molecule has 3 rings (SSSR count). The number of nitrogens with zero attached hydrogens (tertiary/aromatic N) is 1. The summed E-state index contributed by atoms with van der Waals surface area (Å²) in [5, 5.41) is 10.1. The third kappa shape index (κ3) is 3.86. The highest BCUT2D eigenvalue weighted by atomic mass is 16.5. The van der Waals surface area contributed by atoms with E-state index in [1.54, 1.807) is 4.90 Å². The predicted octanol–water partition coefficient (Wildman–Crippen LogP) is 3.24. The van der Waals surface area contributed by atoms with Crippen molar-refractivity contribution in [2.24, 2.45) is 5.92 Å². The van der Waals surface area contributed by atoms with E-state index in [1.165, 1.54) is 6.42 Å². The van der Waals surface area contributed by atoms with Crippen LogP contribution in [0, 0.1) is 5.92 Å². The van der Waals surface area contributed by atoms with Crippen LogP contribution in [0.5, 0.6) is 5.75 Å². The minimum atomic E-state index is -0.277. The lowest BCUT2D eigenvalue weighted by Gasteiger charge is -2.32. The van der Waals surface area contributed by atoms with Gasteiger partial charge >= 0.3 is 0 Å². The van der Waals surface area contributed by atoms with Gasteiger partial charge in [-0.3, -0.25) is 4.79 Å². The zero-order chi connectivity index (χ0) is 16.2. The molecule has 1 N–H and O–H groups in total. The second kappa shape index (κ2) is 7.35. The fourth-order valence-corrected chi connectivity index (χ4v) is 3.46. The molecule has 2 aliphatic rings. The number of para-hydroxylation sites is 1. The van der Waals surface area contributed by atoms with Gasteiger partial charge in [0.25, 0.3) is 5.91 Å². The van der Waals surface area contributed by atoms with Crippen LogP contribution in [0.1, 0.15) is 55.3 Å². The average molecular weight is 317 g/mol. The van der Waals surface area contributed by atoms with E-state index in [9.17, 15) is 9.90 Å². The lowest BCUT2D eigenvalue weighted by atomic mass is 9.86. The predicted molar refractivity (Wildman–Crippen MR) is 89.6 cm³/mol. The van der Waals surface area contributed by atoms with Gasteiger partial charge in [-0.05, 0) is 44.2 Å². The van der Waals surface area contributed by atoms with Crippen molar-refractivity contribution in [3.05, 3.63) is 29.8 Å². The molecule has 0 heterocycles. The van der Waals surface area contributed by atoms with Gasteiger partial charge in [-0.2, -0.15) is 0 Å². The summed E-state index contributed by atoms with van der Waals surface area (Å²) < 4.78 is 5.97. The Morgan fingerprint density at radius 3 is 2.61 bits per heavy atom. The molecule has 0 aliphatic heterocycles. The maximum absolute atomic E-state index is 12.8. The van der Waals surface area contributed by atoms with E-state index in [1.807, 2.05) is 31.3 Å². The lowest BCUT2D eigenvalue weighted by Crippen LogP contribution is -2.38. The van der Waals surface area contributed by atoms with Crippen LogP contribution in [-0.4, -0.2) is 41.7 Å². The van der Waals surface area contributed by atoms with E-state index in [0.717, 1.165) is 38.5 Å². The minimum Gasteiger partial charge on any atom is -0.490 e. The van der Waals surface area contributed by atoms with Gasteiger partial charge in [0, 0.05) is 19.5 Å². The first-order valence-corrected chi connectivity index (χ1v) is 8.84. The fourth-order valence-electron chi connectivity index (χ4n) is 3.46. The van der Waals surface area contributed by atoms with Gasteiger partial charge in [0.2, 0.25) is 0 Å². The Morgan fingerprint density at radius 1 is 1.17 bits per heavy atom. The minimum absolute atomic E-state index is 0.0160. The Morgan fingerprint density at radius 2 is 1.91 bits per heavy atom. The second-order valence-corrected chi connectivity index (χ2v) is 6.96. The van der Waals surface area contributed by atoms with Gasteiger partial charge in [0.15, 0.2) is 0 Å². The highest BCUT2D eigenvalue weighted by Crippen LogP contribution is 2.29. The monoisotopic (exact) mass is 317 g/mol. The van der Waals surface area contributed by atoms with Crippen LogP contribution in [0.4, 0.5) is 0 Å². The molecule has 0 spiro atoms. The van der Waals surface area contributed by atoms with Gasteiger partial charge in [0.1, 0.15) is 5.75 Å². The number of aliphatic hydroxyl groups is 1. The molecule has 2 unspecified atom stereocenters. The van der Waals surface area contributed by atoms with Crippen molar-refractivity contribution in [2.75, 3.05) is 13.6 Å². The van der Waals surface area contributed by atoms with Gasteiger partial charge in [-0.15, -0.1) is 0 Å². The molecular formula is C19H27NO3. The summed E-state index contributed by atoms with van der Waals surface area (Å²) in [6.07, 6.45) is 7.43. The van der Waals surface area contributed by atoms with Crippen molar-refractivity contribution in [1.29, 1.82) is 0 Å². The number of amides is 1. The van der Waals surface area contributed by atoms with E-state index >= 15 is 0 Å². The summed E-state index contributed by atoms with van der Waals surface area (Å²) in [6.45, 7) is 0.609. The SMILES string of the molecule is CN(CC1CCCCC1O)C(=O)c1ccccc1OC1CCC1. The first-order chi connectivity index (χ1) is 11.1. The quantitative estimate of drug-likeness (QED) is 0.907. The molecule has 4 nitrogen and oxygen atoms in total. The van der Waals surface area contributed by atoms with Crippen molar-refractivity contribution in [3.8, 4) is 5.75 Å². The number of carbonyl (C=O) groups excluding carboxylic acids is 1. The number of aliphatic hydroxyl groups excluding tert-OH is 1. The van der Waals surface area contributed by atoms with E-state index in [2.05, 4.69) is 0 Å². The van der Waals surface area contributed by atoms with Crippen molar-refractivity contribution in [1.82, 2.24) is 4.90 Å². The van der Waals surface area contributed by atoms with Crippen molar-refractivity contribution in [2.45, 2.75) is 57.2 Å². The first-order valence-electron chi connectivity index (χ1n) is 8.84. The Hall–Kier alpha value is -1.55. The van der Waals surface area contributed by atoms with E-state index in [-0.39, 0.29) is 24.0 Å². The summed E-state index contributed by atoms with van der Waals surface area (Å²) in [5.41, 5.74) is 0.632. The van der Waals surface area contributed by atoms with Gasteiger partial charge in [0.05, 0.1) is 17.8 Å². The number of ether oxygens (including phenoxy) is 1. The maximum atomic E-state index is 12.8. The number of carbonyl (C=O) groups is 1. The zero-order valence-electron chi connectivity index (χ0n) is 13.9. The summed E-state index contributed by atoms with van der Waals surface area (Å²) in [5.74, 6) is 0.869. The fraction of sp³-hybridized carbons (Fsp3) is 0.632. The van der Waals surface area contributed by atoms with Gasteiger partial charge in [-0.25, -0.2) is 0 Å². The summed E-state index contributed by atoms with van der Waals surface area (Å²) in [6, 6.07) is 7.51. The Bertz CT molecular complexity index is 541. The molecule has 126 valence electrons. The van der Waals surface area contributed by atoms with Gasteiger partial charge < -0.3 is 14.7 Å². The van der Waals surface area contributed by atoms with Crippen LogP contribution in [0.2, 0.25) is 0 Å². The maximum Gasteiger partial charge on any atom is 0.257 e. The van der Waals surface area contributed by atoms with Crippen LogP contribution in [0.3, 0.4) is 0 Å². The third-order valence-corrected chi connectivity index (χ3v) is 5.19. The number of rotatable bonds is 5. The second-order valence-electron chi connectivity index (χ2n) is 6.96. The smallest absolute Gasteiger partial charge is 0.257 e. The normalized spacial score (nSPS) is 24.8. The lowest BCUT2D eigenvalue weighted by molar-refractivity contribution is 0.0446. The van der Waals surface area contributed by atoms with Crippen LogP contribution < -0.4 is 4.74 Å². The molecule has 2 atom stereocenters. The van der Waals surface area contributed by atoms with Gasteiger partial charge in [-0.1, -0.05) is 25.0 Å². The van der Waals surface area contributed by atoms with Crippen LogP contribution in [0.15, 0.2) is 24.3 Å². The Balaban J connectivity index is 1.66. The van der Waals surface area contributed by atoms with E-state index in [0.29, 0.717) is 17.9 Å². The topological polar surface area (TPSA) is 49.8 Å². The van der Waals surface area contributed by atoms with E-state index < -0.39 is 0 Å². The van der Waals surface area contributed by atoms with Crippen molar-refractivity contribution < 1.29 is 14.6 Å². The molecule has 0 radical (unpaired) electrons. The molecule has 2 fully saturated rings. The summed E-state index contributed by atoms with van der Waals surface area (Å²) in [7, 11) is 1.82. The largest absolute Gasteiger partial charge is 0.490 e. The van der Waals surface area contributed by atoms with Crippen LogP contribution >= 0.6 is 0 Å². The Labute approximate surface area is 138 Å². The third-order valence-electron chi connectivity index (χ3n) is 5.19. The molecule has 2 aliphatic carbocycles. The van der Waals surface area contributed by atoms with E-state index in [4.69, 9.17) is 4.74 Å². The molecule has 0 saturated heterocycles. The molecule has 0 bridgehead atoms. The average Bonchev–Trinajstić information content (AvgIpc) is 2.53. The molecule has 2 saturated carbocycles. The highest BCUT2D eigenvalue weighted by molar-refractivity contribution is 5.96. The number of hydrogen-bond donors (Lipinski definition) is 1. The van der Waals surface area contributed by atoms with Crippen LogP contribution in [0.25, 0.3) is 0 Å². The summed E-state index contributed by atoms with van der Waals surface area (Å²) >= 11 is 0. The van der Waals surface area contributed by atoms with Crippen molar-refractivity contribution in [3.63, 3.8) is 0 Å². The van der Waals surface area contributed by atoms with Crippen molar-refractivity contribution >= 4 is 5.91 Å². The number of benzene rings is 1. The molecule has 1 aromatic carbocycles. The molecule has 4 heteroatoms. The summed E-state index contributed by atoms with van der Waals surface area (Å²) in [4.78, 5) is 14.5. The molecule has 0 aromatic heterocycles. The first kappa shape index (κ1) is 16.3. The molecule has 1 aromatic rings.